The van der Waals surface area contributed by atoms with Gasteiger partial charge in [0.1, 0.15) is 16.7 Å². The molecule has 1 heterocycles. The normalized spacial score (nSPS) is 14.4. The Kier molecular flexibility index (Phi) is 11.2. The van der Waals surface area contributed by atoms with Gasteiger partial charge in [-0.2, -0.15) is 0 Å². The molecule has 38 heavy (non-hydrogen) atoms. The van der Waals surface area contributed by atoms with E-state index in [2.05, 4.69) is 10.2 Å². The minimum Gasteiger partial charge on any atom is -0.451 e. The number of hydrogen-bond donors (Lipinski definition) is 3. The van der Waals surface area contributed by atoms with Crippen molar-refractivity contribution in [3.8, 4) is 11.5 Å². The third kappa shape index (κ3) is 8.60. The number of urea groups is 1. The van der Waals surface area contributed by atoms with E-state index < -0.39 is 40.8 Å². The van der Waals surface area contributed by atoms with Crippen molar-refractivity contribution in [3.63, 3.8) is 0 Å². The highest BCUT2D eigenvalue weighted by Crippen LogP contribution is 2.30. The molecule has 0 saturated carbocycles. The Balaban J connectivity index is 1.64. The van der Waals surface area contributed by atoms with E-state index >= 15 is 0 Å². The summed E-state index contributed by atoms with van der Waals surface area (Å²) in [7, 11) is -0.687. The molecule has 0 spiro atoms. The maximum Gasteiger partial charge on any atom is 0.317 e. The van der Waals surface area contributed by atoms with Crippen LogP contribution in [0.3, 0.4) is 0 Å². The first kappa shape index (κ1) is 29.7. The molecule has 3 amide bonds. The third-order valence-electron chi connectivity index (χ3n) is 5.82. The summed E-state index contributed by atoms with van der Waals surface area (Å²) < 4.78 is 49.0. The fraction of sp³-hybridized carbons (Fsp3) is 0.417. The fourth-order valence-corrected chi connectivity index (χ4v) is 5.06. The van der Waals surface area contributed by atoms with Crippen molar-refractivity contribution >= 4 is 34.5 Å². The van der Waals surface area contributed by atoms with Crippen molar-refractivity contribution in [1.82, 2.24) is 24.9 Å². The smallest absolute Gasteiger partial charge is 0.317 e. The Bertz CT molecular complexity index is 1110. The van der Waals surface area contributed by atoms with Crippen LogP contribution >= 0.6 is 11.6 Å². The molecule has 1 fully saturated rings. The van der Waals surface area contributed by atoms with Crippen LogP contribution in [0.2, 0.25) is 5.02 Å². The second-order valence-electron chi connectivity index (χ2n) is 8.62. The maximum absolute atomic E-state index is 14.8. The number of nitrogens with zero attached hydrogens (tertiary/aromatic N) is 3. The van der Waals surface area contributed by atoms with Gasteiger partial charge in [-0.05, 0) is 62.3 Å². The molecular weight excluding hydrogens is 544 g/mol. The second kappa shape index (κ2) is 14.4. The highest BCUT2D eigenvalue weighted by Gasteiger charge is 2.24. The Morgan fingerprint density at radius 3 is 2.37 bits per heavy atom. The molecule has 10 nitrogen and oxygen atoms in total. The number of rotatable bonds is 12. The number of halogens is 3. The average Bonchev–Trinajstić information content (AvgIpc) is 3.42. The number of benzene rings is 2. The van der Waals surface area contributed by atoms with Gasteiger partial charge >= 0.3 is 6.03 Å². The van der Waals surface area contributed by atoms with Crippen LogP contribution in [0.25, 0.3) is 0 Å². The SMILES string of the molecule is CN(CCN(CC(=O)NO)S(=O)c1cc(F)c(Oc2ccc(Cl)cc2)c(F)c1)C(=O)NCCN1CCCC1. The van der Waals surface area contributed by atoms with E-state index in [9.17, 15) is 22.6 Å². The lowest BCUT2D eigenvalue weighted by molar-refractivity contribution is -0.129. The van der Waals surface area contributed by atoms with Crippen LogP contribution in [-0.4, -0.2) is 88.3 Å². The second-order valence-corrected chi connectivity index (χ2v) is 10.5. The number of nitrogens with one attached hydrogen (secondary N) is 2. The van der Waals surface area contributed by atoms with Crippen LogP contribution < -0.4 is 15.5 Å². The topological polar surface area (TPSA) is 114 Å². The zero-order chi connectivity index (χ0) is 27.7. The molecule has 14 heteroatoms. The van der Waals surface area contributed by atoms with Crippen LogP contribution in [-0.2, 0) is 15.8 Å². The van der Waals surface area contributed by atoms with Gasteiger partial charge in [-0.3, -0.25) is 10.0 Å². The summed E-state index contributed by atoms with van der Waals surface area (Å²) in [5, 5.41) is 12.1. The number of likely N-dealkylation sites (tertiary alicyclic amines) is 1. The summed E-state index contributed by atoms with van der Waals surface area (Å²) in [4.78, 5) is 27.5. The molecule has 1 saturated heterocycles. The van der Waals surface area contributed by atoms with E-state index in [0.717, 1.165) is 48.9 Å². The van der Waals surface area contributed by atoms with Gasteiger partial charge in [0, 0.05) is 38.2 Å². The van der Waals surface area contributed by atoms with Gasteiger partial charge in [0.15, 0.2) is 17.4 Å². The van der Waals surface area contributed by atoms with Crippen molar-refractivity contribution in [1.29, 1.82) is 0 Å². The van der Waals surface area contributed by atoms with Crippen LogP contribution in [0.1, 0.15) is 12.8 Å². The van der Waals surface area contributed by atoms with Gasteiger partial charge in [-0.1, -0.05) is 11.6 Å². The summed E-state index contributed by atoms with van der Waals surface area (Å²) in [6, 6.07) is 7.16. The molecule has 2 aromatic rings. The maximum atomic E-state index is 14.8. The third-order valence-corrected chi connectivity index (χ3v) is 7.49. The molecule has 1 atom stereocenters. The molecule has 0 radical (unpaired) electrons. The van der Waals surface area contributed by atoms with Gasteiger partial charge in [-0.15, -0.1) is 0 Å². The quantitative estimate of drug-likeness (QED) is 0.266. The highest BCUT2D eigenvalue weighted by atomic mass is 35.5. The number of ether oxygens (including phenoxy) is 1. The highest BCUT2D eigenvalue weighted by molar-refractivity contribution is 7.82. The van der Waals surface area contributed by atoms with Crippen LogP contribution in [0.5, 0.6) is 11.5 Å². The van der Waals surface area contributed by atoms with E-state index in [4.69, 9.17) is 21.5 Å². The zero-order valence-corrected chi connectivity index (χ0v) is 22.4. The zero-order valence-electron chi connectivity index (χ0n) is 20.8. The molecule has 0 aliphatic carbocycles. The number of amides is 3. The van der Waals surface area contributed by atoms with Crippen molar-refractivity contribution in [2.24, 2.45) is 0 Å². The van der Waals surface area contributed by atoms with Crippen molar-refractivity contribution in [2.45, 2.75) is 17.7 Å². The predicted octanol–water partition coefficient (Wildman–Crippen LogP) is 2.98. The minimum atomic E-state index is -2.22. The molecule has 1 aliphatic rings. The largest absolute Gasteiger partial charge is 0.451 e. The lowest BCUT2D eigenvalue weighted by Gasteiger charge is -2.24. The van der Waals surface area contributed by atoms with E-state index in [0.29, 0.717) is 11.6 Å². The van der Waals surface area contributed by atoms with E-state index in [1.807, 2.05) is 0 Å². The lowest BCUT2D eigenvalue weighted by Crippen LogP contribution is -2.45. The molecule has 1 unspecified atom stereocenters. The van der Waals surface area contributed by atoms with Crippen LogP contribution in [0, 0.1) is 11.6 Å². The number of hydroxylamine groups is 1. The van der Waals surface area contributed by atoms with Crippen LogP contribution in [0.4, 0.5) is 13.6 Å². The number of likely N-dealkylation sites (N-methyl/N-ethyl adjacent to an activating group) is 1. The first-order valence-corrected chi connectivity index (χ1v) is 13.4. The van der Waals surface area contributed by atoms with Crippen molar-refractivity contribution in [2.75, 3.05) is 52.9 Å². The summed E-state index contributed by atoms with van der Waals surface area (Å²) in [6.07, 6.45) is 2.29. The molecule has 0 aromatic heterocycles. The van der Waals surface area contributed by atoms with Gasteiger partial charge in [-0.25, -0.2) is 27.6 Å². The minimum absolute atomic E-state index is 0.0444. The van der Waals surface area contributed by atoms with Crippen LogP contribution in [0.15, 0.2) is 41.3 Å². The van der Waals surface area contributed by atoms with E-state index in [-0.39, 0.29) is 29.8 Å². The number of hydrogen-bond acceptors (Lipinski definition) is 6. The fourth-order valence-electron chi connectivity index (χ4n) is 3.75. The molecular formula is C24H30ClF2N5O5S. The monoisotopic (exact) mass is 573 g/mol. The Morgan fingerprint density at radius 2 is 1.76 bits per heavy atom. The first-order chi connectivity index (χ1) is 18.2. The molecule has 3 N–H and O–H groups in total. The summed E-state index contributed by atoms with van der Waals surface area (Å²) >= 11 is 5.80. The molecule has 0 bridgehead atoms. The van der Waals surface area contributed by atoms with E-state index in [1.165, 1.54) is 41.7 Å². The number of carbonyl (C=O) groups is 2. The Hall–Kier alpha value is -2.84. The van der Waals surface area contributed by atoms with Gasteiger partial charge < -0.3 is 19.9 Å². The van der Waals surface area contributed by atoms with E-state index in [1.54, 1.807) is 0 Å². The molecule has 1 aliphatic heterocycles. The number of carbonyl (C=O) groups excluding carboxylic acids is 2. The van der Waals surface area contributed by atoms with Gasteiger partial charge in [0.05, 0.1) is 11.4 Å². The van der Waals surface area contributed by atoms with Gasteiger partial charge in [0.2, 0.25) is 0 Å². The van der Waals surface area contributed by atoms with Crippen molar-refractivity contribution < 1.29 is 32.5 Å². The first-order valence-electron chi connectivity index (χ1n) is 11.9. The average molecular weight is 574 g/mol. The Labute approximate surface area is 227 Å². The van der Waals surface area contributed by atoms with Crippen molar-refractivity contribution in [3.05, 3.63) is 53.1 Å². The summed E-state index contributed by atoms with van der Waals surface area (Å²) in [6.45, 7) is 2.62. The molecule has 208 valence electrons. The molecule has 3 rings (SSSR count). The summed E-state index contributed by atoms with van der Waals surface area (Å²) in [5.74, 6) is -3.66. The predicted molar refractivity (Wildman–Crippen MR) is 137 cm³/mol. The standard InChI is InChI=1S/C24H30ClF2N5O5S/c1-30(24(34)28-8-11-31-9-2-3-10-31)12-13-32(16-22(33)29-35)38(36)19-14-20(26)23(21(27)15-19)37-18-6-4-17(25)5-7-18/h4-7,14-15,35H,2-3,8-13,16H2,1H3,(H,28,34)(H,29,33). The molecule has 2 aromatic carbocycles. The van der Waals surface area contributed by atoms with Gasteiger partial charge in [0.25, 0.3) is 5.91 Å². The Morgan fingerprint density at radius 1 is 1.13 bits per heavy atom. The lowest BCUT2D eigenvalue weighted by atomic mass is 10.3. The summed E-state index contributed by atoms with van der Waals surface area (Å²) in [5.41, 5.74) is 1.44.